The van der Waals surface area contributed by atoms with Crippen LogP contribution in [0.5, 0.6) is 5.75 Å². The summed E-state index contributed by atoms with van der Waals surface area (Å²) in [5, 5.41) is 6.03. The van der Waals surface area contributed by atoms with Gasteiger partial charge < -0.3 is 15.4 Å². The number of rotatable bonds is 6. The monoisotopic (exact) mass is 340 g/mol. The average Bonchev–Trinajstić information content (AvgIpc) is 2.50. The Bertz CT molecular complexity index is 696. The van der Waals surface area contributed by atoms with Gasteiger partial charge in [0, 0.05) is 10.7 Å². The Morgan fingerprint density at radius 1 is 1.22 bits per heavy atom. The SMILES string of the molecule is Cc1ccc(Cl)cc1NCC(=O)Nc1ccccc1OC(F)F. The quantitative estimate of drug-likeness (QED) is 0.824. The first-order chi connectivity index (χ1) is 11.0. The van der Waals surface area contributed by atoms with E-state index in [1.165, 1.54) is 12.1 Å². The summed E-state index contributed by atoms with van der Waals surface area (Å²) < 4.78 is 29.0. The lowest BCUT2D eigenvalue weighted by atomic mass is 10.2. The Balaban J connectivity index is 1.99. The fourth-order valence-corrected chi connectivity index (χ4v) is 2.10. The molecule has 2 aromatic rings. The number of halogens is 3. The van der Waals surface area contributed by atoms with Gasteiger partial charge in [0.05, 0.1) is 12.2 Å². The van der Waals surface area contributed by atoms with Crippen LogP contribution in [0.3, 0.4) is 0 Å². The predicted octanol–water partition coefficient (Wildman–Crippen LogP) is 4.30. The van der Waals surface area contributed by atoms with Crippen molar-refractivity contribution in [1.29, 1.82) is 0 Å². The van der Waals surface area contributed by atoms with E-state index in [9.17, 15) is 13.6 Å². The van der Waals surface area contributed by atoms with Crippen molar-refractivity contribution in [2.24, 2.45) is 0 Å². The van der Waals surface area contributed by atoms with Gasteiger partial charge in [0.15, 0.2) is 0 Å². The van der Waals surface area contributed by atoms with Gasteiger partial charge in [0.2, 0.25) is 5.91 Å². The highest BCUT2D eigenvalue weighted by Crippen LogP contribution is 2.25. The average molecular weight is 341 g/mol. The third kappa shape index (κ3) is 5.10. The molecule has 0 fully saturated rings. The minimum absolute atomic E-state index is 0.0375. The zero-order valence-corrected chi connectivity index (χ0v) is 13.0. The van der Waals surface area contributed by atoms with Gasteiger partial charge in [-0.3, -0.25) is 4.79 Å². The number of para-hydroxylation sites is 2. The lowest BCUT2D eigenvalue weighted by molar-refractivity contribution is -0.114. The van der Waals surface area contributed by atoms with E-state index >= 15 is 0 Å². The molecule has 0 radical (unpaired) electrons. The first-order valence-corrected chi connectivity index (χ1v) is 7.17. The van der Waals surface area contributed by atoms with Crippen LogP contribution in [0.25, 0.3) is 0 Å². The summed E-state index contributed by atoms with van der Waals surface area (Å²) in [5.74, 6) is -0.482. The molecule has 0 heterocycles. The zero-order valence-electron chi connectivity index (χ0n) is 12.3. The van der Waals surface area contributed by atoms with Crippen molar-refractivity contribution in [3.05, 3.63) is 53.1 Å². The maximum absolute atomic E-state index is 12.3. The molecule has 0 aliphatic heterocycles. The number of amides is 1. The van der Waals surface area contributed by atoms with Crippen molar-refractivity contribution in [3.8, 4) is 5.75 Å². The van der Waals surface area contributed by atoms with E-state index in [0.29, 0.717) is 5.02 Å². The number of aryl methyl sites for hydroxylation is 1. The van der Waals surface area contributed by atoms with Gasteiger partial charge in [-0.2, -0.15) is 8.78 Å². The molecule has 0 saturated carbocycles. The lowest BCUT2D eigenvalue weighted by Crippen LogP contribution is -2.22. The number of carbonyl (C=O) groups is 1. The Kier molecular flexibility index (Phi) is 5.76. The smallest absolute Gasteiger partial charge is 0.387 e. The maximum atomic E-state index is 12.3. The number of anilines is 2. The highest BCUT2D eigenvalue weighted by molar-refractivity contribution is 6.30. The minimum Gasteiger partial charge on any atom is -0.433 e. The fourth-order valence-electron chi connectivity index (χ4n) is 1.92. The van der Waals surface area contributed by atoms with Gasteiger partial charge >= 0.3 is 6.61 Å². The number of carbonyl (C=O) groups excluding carboxylic acids is 1. The normalized spacial score (nSPS) is 10.5. The van der Waals surface area contributed by atoms with E-state index in [1.54, 1.807) is 24.3 Å². The molecule has 2 rings (SSSR count). The van der Waals surface area contributed by atoms with Crippen LogP contribution in [0.1, 0.15) is 5.56 Å². The molecule has 0 spiro atoms. The van der Waals surface area contributed by atoms with Gasteiger partial charge in [-0.25, -0.2) is 0 Å². The Hall–Kier alpha value is -2.34. The van der Waals surface area contributed by atoms with Crippen LogP contribution < -0.4 is 15.4 Å². The third-order valence-electron chi connectivity index (χ3n) is 3.02. The Morgan fingerprint density at radius 3 is 2.70 bits per heavy atom. The van der Waals surface area contributed by atoms with Crippen LogP contribution in [-0.4, -0.2) is 19.1 Å². The number of hydrogen-bond donors (Lipinski definition) is 2. The van der Waals surface area contributed by atoms with E-state index in [-0.39, 0.29) is 18.0 Å². The summed E-state index contributed by atoms with van der Waals surface area (Å²) in [6.07, 6.45) is 0. The minimum atomic E-state index is -2.96. The molecule has 0 atom stereocenters. The van der Waals surface area contributed by atoms with Crippen molar-refractivity contribution in [1.82, 2.24) is 0 Å². The molecule has 23 heavy (non-hydrogen) atoms. The molecule has 0 aliphatic carbocycles. The number of nitrogens with one attached hydrogen (secondary N) is 2. The van der Waals surface area contributed by atoms with Gasteiger partial charge in [-0.05, 0) is 36.8 Å². The molecule has 0 aromatic heterocycles. The van der Waals surface area contributed by atoms with Crippen molar-refractivity contribution in [2.45, 2.75) is 13.5 Å². The molecule has 0 saturated heterocycles. The standard InChI is InChI=1S/C16H15ClF2N2O2/c1-10-6-7-11(17)8-13(10)20-9-15(22)21-12-4-2-3-5-14(12)23-16(18)19/h2-8,16,20H,9H2,1H3,(H,21,22). The van der Waals surface area contributed by atoms with Crippen LogP contribution in [0.2, 0.25) is 5.02 Å². The van der Waals surface area contributed by atoms with Crippen LogP contribution in [0.4, 0.5) is 20.2 Å². The fraction of sp³-hybridized carbons (Fsp3) is 0.188. The first-order valence-electron chi connectivity index (χ1n) is 6.79. The molecule has 2 N–H and O–H groups in total. The molecule has 0 unspecified atom stereocenters. The summed E-state index contributed by atoms with van der Waals surface area (Å²) in [4.78, 5) is 12.0. The summed E-state index contributed by atoms with van der Waals surface area (Å²) in [5.41, 5.74) is 1.84. The molecule has 4 nitrogen and oxygen atoms in total. The molecule has 7 heteroatoms. The number of ether oxygens (including phenoxy) is 1. The molecule has 1 amide bonds. The summed E-state index contributed by atoms with van der Waals surface area (Å²) in [6, 6.07) is 11.3. The Labute approximate surface area is 137 Å². The number of alkyl halides is 2. The van der Waals surface area contributed by atoms with Gasteiger partial charge in [-0.1, -0.05) is 29.8 Å². The van der Waals surface area contributed by atoms with E-state index in [0.717, 1.165) is 11.3 Å². The second kappa shape index (κ2) is 7.78. The van der Waals surface area contributed by atoms with E-state index < -0.39 is 12.5 Å². The Morgan fingerprint density at radius 2 is 1.96 bits per heavy atom. The summed E-state index contributed by atoms with van der Waals surface area (Å²) >= 11 is 5.90. The molecule has 0 bridgehead atoms. The molecule has 122 valence electrons. The van der Waals surface area contributed by atoms with Crippen LogP contribution >= 0.6 is 11.6 Å². The second-order valence-corrected chi connectivity index (χ2v) is 5.17. The zero-order chi connectivity index (χ0) is 16.8. The van der Waals surface area contributed by atoms with Crippen molar-refractivity contribution in [2.75, 3.05) is 17.2 Å². The van der Waals surface area contributed by atoms with Crippen molar-refractivity contribution >= 4 is 28.9 Å². The first kappa shape index (κ1) is 17.0. The molecular weight excluding hydrogens is 326 g/mol. The van der Waals surface area contributed by atoms with Gasteiger partial charge in [0.25, 0.3) is 0 Å². The van der Waals surface area contributed by atoms with E-state index in [4.69, 9.17) is 11.6 Å². The van der Waals surface area contributed by atoms with Gasteiger partial charge in [0.1, 0.15) is 5.75 Å². The molecule has 0 aliphatic rings. The largest absolute Gasteiger partial charge is 0.433 e. The van der Waals surface area contributed by atoms with Crippen LogP contribution in [-0.2, 0) is 4.79 Å². The third-order valence-corrected chi connectivity index (χ3v) is 3.25. The number of benzene rings is 2. The van der Waals surface area contributed by atoms with Crippen molar-refractivity contribution in [3.63, 3.8) is 0 Å². The van der Waals surface area contributed by atoms with Crippen LogP contribution in [0, 0.1) is 6.92 Å². The van der Waals surface area contributed by atoms with Crippen LogP contribution in [0.15, 0.2) is 42.5 Å². The highest BCUT2D eigenvalue weighted by atomic mass is 35.5. The lowest BCUT2D eigenvalue weighted by Gasteiger charge is -2.13. The highest BCUT2D eigenvalue weighted by Gasteiger charge is 2.11. The number of hydrogen-bond acceptors (Lipinski definition) is 3. The second-order valence-electron chi connectivity index (χ2n) is 4.74. The maximum Gasteiger partial charge on any atom is 0.387 e. The van der Waals surface area contributed by atoms with Gasteiger partial charge in [-0.15, -0.1) is 0 Å². The van der Waals surface area contributed by atoms with Crippen molar-refractivity contribution < 1.29 is 18.3 Å². The summed E-state index contributed by atoms with van der Waals surface area (Å²) in [7, 11) is 0. The molecular formula is C16H15ClF2N2O2. The summed E-state index contributed by atoms with van der Waals surface area (Å²) in [6.45, 7) is -1.12. The predicted molar refractivity (Wildman–Crippen MR) is 86.4 cm³/mol. The topological polar surface area (TPSA) is 50.4 Å². The molecule has 2 aromatic carbocycles. The van der Waals surface area contributed by atoms with E-state index in [2.05, 4.69) is 15.4 Å². The van der Waals surface area contributed by atoms with E-state index in [1.807, 2.05) is 13.0 Å².